The number of hydrogen-bond acceptors (Lipinski definition) is 4. The van der Waals surface area contributed by atoms with Gasteiger partial charge in [-0.1, -0.05) is 0 Å². The van der Waals surface area contributed by atoms with E-state index in [2.05, 4.69) is 0 Å². The van der Waals surface area contributed by atoms with Crippen molar-refractivity contribution in [3.05, 3.63) is 0 Å². The normalized spacial score (nSPS) is 21.2. The number of carbonyl (C=O) groups is 2. The third-order valence-electron chi connectivity index (χ3n) is 2.57. The molecule has 1 atom stereocenters. The molecule has 0 radical (unpaired) electrons. The lowest BCUT2D eigenvalue weighted by Crippen LogP contribution is -2.47. The molecule has 86 valence electrons. The molecule has 1 fully saturated rings. The summed E-state index contributed by atoms with van der Waals surface area (Å²) < 4.78 is 0. The van der Waals surface area contributed by atoms with Crippen LogP contribution in [-0.2, 0) is 9.59 Å². The molecule has 4 N–H and O–H groups in total. The van der Waals surface area contributed by atoms with Gasteiger partial charge in [-0.15, -0.1) is 0 Å². The van der Waals surface area contributed by atoms with Gasteiger partial charge in [0.1, 0.15) is 0 Å². The topological polar surface area (TPSA) is 92.7 Å². The van der Waals surface area contributed by atoms with E-state index in [0.29, 0.717) is 13.1 Å². The van der Waals surface area contributed by atoms with Crippen LogP contribution in [0.3, 0.4) is 0 Å². The number of rotatable bonds is 3. The first kappa shape index (κ1) is 11.9. The standard InChI is InChI=1S/C9H18N4O2/c1-12-3-2-4-13(6-8(12)14)5-7(10)9(11)15/h7H,2-6,10H2,1H3,(H2,11,15). The molecular formula is C9H18N4O2. The van der Waals surface area contributed by atoms with E-state index in [-0.39, 0.29) is 5.91 Å². The molecule has 0 bridgehead atoms. The van der Waals surface area contributed by atoms with E-state index >= 15 is 0 Å². The highest BCUT2D eigenvalue weighted by molar-refractivity contribution is 5.80. The van der Waals surface area contributed by atoms with E-state index < -0.39 is 11.9 Å². The molecule has 0 spiro atoms. The monoisotopic (exact) mass is 214 g/mol. The third-order valence-corrected chi connectivity index (χ3v) is 2.57. The molecule has 6 nitrogen and oxygen atoms in total. The van der Waals surface area contributed by atoms with Crippen molar-refractivity contribution < 1.29 is 9.59 Å². The molecule has 0 saturated carbocycles. The largest absolute Gasteiger partial charge is 0.368 e. The second kappa shape index (κ2) is 5.09. The Labute approximate surface area is 89.2 Å². The Kier molecular flexibility index (Phi) is 4.05. The van der Waals surface area contributed by atoms with Crippen molar-refractivity contribution in [1.29, 1.82) is 0 Å². The Morgan fingerprint density at radius 1 is 1.53 bits per heavy atom. The highest BCUT2D eigenvalue weighted by Gasteiger charge is 2.21. The molecule has 1 aliphatic heterocycles. The quantitative estimate of drug-likeness (QED) is 0.566. The minimum atomic E-state index is -0.693. The van der Waals surface area contributed by atoms with Gasteiger partial charge < -0.3 is 16.4 Å². The van der Waals surface area contributed by atoms with Crippen molar-refractivity contribution in [1.82, 2.24) is 9.80 Å². The van der Waals surface area contributed by atoms with Crippen LogP contribution in [0.1, 0.15) is 6.42 Å². The maximum atomic E-state index is 11.5. The first-order chi connectivity index (χ1) is 7.00. The maximum Gasteiger partial charge on any atom is 0.236 e. The van der Waals surface area contributed by atoms with Gasteiger partial charge in [-0.2, -0.15) is 0 Å². The summed E-state index contributed by atoms with van der Waals surface area (Å²) in [5.74, 6) is -0.468. The van der Waals surface area contributed by atoms with Crippen LogP contribution in [0, 0.1) is 0 Å². The number of hydrogen-bond donors (Lipinski definition) is 2. The van der Waals surface area contributed by atoms with Gasteiger partial charge in [0.25, 0.3) is 0 Å². The molecule has 15 heavy (non-hydrogen) atoms. The molecule has 0 aromatic heterocycles. The molecule has 1 heterocycles. The van der Waals surface area contributed by atoms with Crippen LogP contribution in [0.25, 0.3) is 0 Å². The van der Waals surface area contributed by atoms with Gasteiger partial charge in [0.2, 0.25) is 11.8 Å². The van der Waals surface area contributed by atoms with E-state index in [9.17, 15) is 9.59 Å². The van der Waals surface area contributed by atoms with Crippen LogP contribution in [0.4, 0.5) is 0 Å². The lowest BCUT2D eigenvalue weighted by molar-refractivity contribution is -0.130. The fourth-order valence-corrected chi connectivity index (χ4v) is 1.57. The molecule has 2 amide bonds. The van der Waals surface area contributed by atoms with Crippen molar-refractivity contribution in [2.45, 2.75) is 12.5 Å². The number of nitrogens with two attached hydrogens (primary N) is 2. The number of primary amides is 1. The molecule has 6 heteroatoms. The van der Waals surface area contributed by atoms with E-state index in [1.165, 1.54) is 0 Å². The summed E-state index contributed by atoms with van der Waals surface area (Å²) in [5.41, 5.74) is 10.6. The summed E-state index contributed by atoms with van der Waals surface area (Å²) in [6.45, 7) is 2.20. The van der Waals surface area contributed by atoms with Gasteiger partial charge in [-0.25, -0.2) is 0 Å². The maximum absolute atomic E-state index is 11.5. The minimum Gasteiger partial charge on any atom is -0.368 e. The third kappa shape index (κ3) is 3.49. The minimum absolute atomic E-state index is 0.0594. The average Bonchev–Trinajstić information content (AvgIpc) is 2.29. The molecule has 1 aliphatic rings. The van der Waals surface area contributed by atoms with Crippen molar-refractivity contribution in [2.24, 2.45) is 11.5 Å². The zero-order chi connectivity index (χ0) is 11.4. The molecule has 1 saturated heterocycles. The van der Waals surface area contributed by atoms with E-state index in [4.69, 9.17) is 11.5 Å². The van der Waals surface area contributed by atoms with Gasteiger partial charge in [-0.3, -0.25) is 14.5 Å². The van der Waals surface area contributed by atoms with Crippen molar-refractivity contribution in [2.75, 3.05) is 33.2 Å². The fraction of sp³-hybridized carbons (Fsp3) is 0.778. The SMILES string of the molecule is CN1CCCN(CC(N)C(N)=O)CC1=O. The molecule has 0 aromatic rings. The van der Waals surface area contributed by atoms with Crippen molar-refractivity contribution in [3.63, 3.8) is 0 Å². The predicted octanol–water partition coefficient (Wildman–Crippen LogP) is -2.04. The molecular weight excluding hydrogens is 196 g/mol. The number of likely N-dealkylation sites (N-methyl/N-ethyl adjacent to an activating group) is 1. The second-order valence-corrected chi connectivity index (χ2v) is 3.91. The first-order valence-corrected chi connectivity index (χ1v) is 5.02. The Bertz CT molecular complexity index is 256. The van der Waals surface area contributed by atoms with Gasteiger partial charge >= 0.3 is 0 Å². The lowest BCUT2D eigenvalue weighted by atomic mass is 10.2. The van der Waals surface area contributed by atoms with Gasteiger partial charge in [0.05, 0.1) is 12.6 Å². The van der Waals surface area contributed by atoms with Crippen molar-refractivity contribution >= 4 is 11.8 Å². The van der Waals surface area contributed by atoms with E-state index in [0.717, 1.165) is 19.5 Å². The summed E-state index contributed by atoms with van der Waals surface area (Å²) in [6.07, 6.45) is 0.897. The summed E-state index contributed by atoms with van der Waals surface area (Å²) in [5, 5.41) is 0. The van der Waals surface area contributed by atoms with Crippen LogP contribution >= 0.6 is 0 Å². The number of nitrogens with zero attached hydrogens (tertiary/aromatic N) is 2. The number of amides is 2. The first-order valence-electron chi connectivity index (χ1n) is 5.02. The highest BCUT2D eigenvalue weighted by Crippen LogP contribution is 2.02. The van der Waals surface area contributed by atoms with Gasteiger partial charge in [-0.05, 0) is 6.42 Å². The Morgan fingerprint density at radius 3 is 2.80 bits per heavy atom. The Balaban J connectivity index is 2.48. The van der Waals surface area contributed by atoms with Crippen LogP contribution in [-0.4, -0.2) is 60.9 Å². The molecule has 0 aliphatic carbocycles. The van der Waals surface area contributed by atoms with Crippen molar-refractivity contribution in [3.8, 4) is 0 Å². The zero-order valence-electron chi connectivity index (χ0n) is 8.98. The summed E-state index contributed by atoms with van der Waals surface area (Å²) in [4.78, 5) is 25.8. The fourth-order valence-electron chi connectivity index (χ4n) is 1.57. The second-order valence-electron chi connectivity index (χ2n) is 3.91. The predicted molar refractivity (Wildman–Crippen MR) is 55.9 cm³/mol. The molecule has 1 rings (SSSR count). The summed E-state index contributed by atoms with van der Waals surface area (Å²) in [6, 6.07) is -0.693. The summed E-state index contributed by atoms with van der Waals surface area (Å²) >= 11 is 0. The van der Waals surface area contributed by atoms with E-state index in [1.54, 1.807) is 11.9 Å². The van der Waals surface area contributed by atoms with Gasteiger partial charge in [0.15, 0.2) is 0 Å². The van der Waals surface area contributed by atoms with E-state index in [1.807, 2.05) is 4.90 Å². The Hall–Kier alpha value is -1.14. The zero-order valence-corrected chi connectivity index (χ0v) is 8.98. The molecule has 0 aromatic carbocycles. The van der Waals surface area contributed by atoms with Crippen LogP contribution < -0.4 is 11.5 Å². The van der Waals surface area contributed by atoms with Crippen LogP contribution in [0.5, 0.6) is 0 Å². The summed E-state index contributed by atoms with van der Waals surface area (Å²) in [7, 11) is 1.78. The average molecular weight is 214 g/mol. The van der Waals surface area contributed by atoms with Crippen LogP contribution in [0.2, 0.25) is 0 Å². The number of carbonyl (C=O) groups excluding carboxylic acids is 2. The van der Waals surface area contributed by atoms with Crippen LogP contribution in [0.15, 0.2) is 0 Å². The van der Waals surface area contributed by atoms with Gasteiger partial charge in [0, 0.05) is 26.7 Å². The highest BCUT2D eigenvalue weighted by atomic mass is 16.2. The lowest BCUT2D eigenvalue weighted by Gasteiger charge is -2.21. The smallest absolute Gasteiger partial charge is 0.236 e. The Morgan fingerprint density at radius 2 is 2.20 bits per heavy atom. The molecule has 1 unspecified atom stereocenters.